The van der Waals surface area contributed by atoms with Crippen molar-refractivity contribution in [3.8, 4) is 0 Å². The van der Waals surface area contributed by atoms with Gasteiger partial charge < -0.3 is 0 Å². The molecule has 2 saturated carbocycles. The van der Waals surface area contributed by atoms with Crippen molar-refractivity contribution >= 4 is 0 Å². The molecule has 0 aromatic rings. The average Bonchev–Trinajstić information content (AvgIpc) is 2.67. The highest BCUT2D eigenvalue weighted by Crippen LogP contribution is 2.51. The maximum absolute atomic E-state index is 2.60. The van der Waals surface area contributed by atoms with Crippen LogP contribution in [0.1, 0.15) is 92.4 Å². The van der Waals surface area contributed by atoms with E-state index < -0.39 is 0 Å². The van der Waals surface area contributed by atoms with Crippen LogP contribution in [0.15, 0.2) is 0 Å². The van der Waals surface area contributed by atoms with E-state index in [9.17, 15) is 0 Å². The second kappa shape index (κ2) is 6.84. The first-order valence-electron chi connectivity index (χ1n) is 9.48. The molecule has 0 bridgehead atoms. The lowest BCUT2D eigenvalue weighted by atomic mass is 9.65. The fraction of sp³-hybridized carbons (Fsp3) is 1.00. The second-order valence-corrected chi connectivity index (χ2v) is 8.60. The van der Waals surface area contributed by atoms with Crippen molar-refractivity contribution in [3.63, 3.8) is 0 Å². The zero-order chi connectivity index (χ0) is 14.8. The van der Waals surface area contributed by atoms with Crippen molar-refractivity contribution in [2.45, 2.75) is 92.4 Å². The Morgan fingerprint density at radius 1 is 0.950 bits per heavy atom. The van der Waals surface area contributed by atoms with Gasteiger partial charge in [-0.25, -0.2) is 0 Å². The first kappa shape index (κ1) is 16.4. The monoisotopic (exact) mass is 278 g/mol. The molecule has 2 aliphatic rings. The Bertz CT molecular complexity index is 294. The van der Waals surface area contributed by atoms with Crippen molar-refractivity contribution in [2.24, 2.45) is 35.0 Å². The topological polar surface area (TPSA) is 0 Å². The SMILES string of the molecule is CCC1(C)CC2C(CCCCCCC1C)CC(C)C2C. The molecule has 0 saturated heterocycles. The lowest BCUT2D eigenvalue weighted by molar-refractivity contribution is 0.102. The van der Waals surface area contributed by atoms with Gasteiger partial charge in [0.2, 0.25) is 0 Å². The van der Waals surface area contributed by atoms with Crippen molar-refractivity contribution in [3.05, 3.63) is 0 Å². The second-order valence-electron chi connectivity index (χ2n) is 8.60. The molecular formula is C20H38. The highest BCUT2D eigenvalue weighted by Gasteiger charge is 2.42. The molecule has 0 nitrogen and oxygen atoms in total. The van der Waals surface area contributed by atoms with Crippen LogP contribution < -0.4 is 0 Å². The summed E-state index contributed by atoms with van der Waals surface area (Å²) in [4.78, 5) is 0. The molecule has 118 valence electrons. The van der Waals surface area contributed by atoms with E-state index in [4.69, 9.17) is 0 Å². The minimum atomic E-state index is 0.589. The molecule has 2 rings (SSSR count). The third kappa shape index (κ3) is 3.42. The molecular weight excluding hydrogens is 240 g/mol. The number of hydrogen-bond donors (Lipinski definition) is 0. The van der Waals surface area contributed by atoms with E-state index in [2.05, 4.69) is 34.6 Å². The van der Waals surface area contributed by atoms with E-state index in [-0.39, 0.29) is 0 Å². The molecule has 0 heterocycles. The molecule has 2 aliphatic carbocycles. The zero-order valence-electron chi connectivity index (χ0n) is 14.8. The number of fused-ring (bicyclic) bond motifs is 1. The van der Waals surface area contributed by atoms with Gasteiger partial charge in [-0.2, -0.15) is 0 Å². The molecule has 0 radical (unpaired) electrons. The normalized spacial score (nSPS) is 47.5. The van der Waals surface area contributed by atoms with Gasteiger partial charge in [0.25, 0.3) is 0 Å². The van der Waals surface area contributed by atoms with Gasteiger partial charge in [-0.05, 0) is 47.8 Å². The van der Waals surface area contributed by atoms with E-state index in [0.717, 1.165) is 29.6 Å². The summed E-state index contributed by atoms with van der Waals surface area (Å²) in [5.41, 5.74) is 0.589. The third-order valence-corrected chi connectivity index (χ3v) is 7.51. The Balaban J connectivity index is 2.17. The van der Waals surface area contributed by atoms with Crippen molar-refractivity contribution in [2.75, 3.05) is 0 Å². The Morgan fingerprint density at radius 3 is 2.25 bits per heavy atom. The molecule has 0 aromatic heterocycles. The van der Waals surface area contributed by atoms with Gasteiger partial charge in [0, 0.05) is 0 Å². The van der Waals surface area contributed by atoms with Gasteiger partial charge in [0.15, 0.2) is 0 Å². The predicted molar refractivity (Wildman–Crippen MR) is 89.8 cm³/mol. The smallest absolute Gasteiger partial charge is 0.0300 e. The summed E-state index contributed by atoms with van der Waals surface area (Å²) in [7, 11) is 0. The van der Waals surface area contributed by atoms with E-state index in [1.54, 1.807) is 0 Å². The quantitative estimate of drug-likeness (QED) is 0.501. The van der Waals surface area contributed by atoms with Crippen molar-refractivity contribution < 1.29 is 0 Å². The third-order valence-electron chi connectivity index (χ3n) is 7.51. The first-order valence-corrected chi connectivity index (χ1v) is 9.48. The van der Waals surface area contributed by atoms with E-state index in [1.807, 2.05) is 0 Å². The Hall–Kier alpha value is 0. The molecule has 2 fully saturated rings. The summed E-state index contributed by atoms with van der Waals surface area (Å²) >= 11 is 0. The Labute approximate surface area is 128 Å². The predicted octanol–water partition coefficient (Wildman–Crippen LogP) is 6.69. The van der Waals surface area contributed by atoms with Gasteiger partial charge in [-0.1, -0.05) is 79.6 Å². The van der Waals surface area contributed by atoms with Gasteiger partial charge in [-0.15, -0.1) is 0 Å². The van der Waals surface area contributed by atoms with Crippen molar-refractivity contribution in [1.29, 1.82) is 0 Å². The van der Waals surface area contributed by atoms with Crippen LogP contribution in [0, 0.1) is 35.0 Å². The van der Waals surface area contributed by atoms with Crippen molar-refractivity contribution in [1.82, 2.24) is 0 Å². The summed E-state index contributed by atoms with van der Waals surface area (Å²) in [6.07, 6.45) is 13.3. The Morgan fingerprint density at radius 2 is 1.60 bits per heavy atom. The van der Waals surface area contributed by atoms with Gasteiger partial charge in [0.05, 0.1) is 0 Å². The average molecular weight is 279 g/mol. The summed E-state index contributed by atoms with van der Waals surface area (Å²) < 4.78 is 0. The molecule has 0 aromatic carbocycles. The molecule has 6 atom stereocenters. The van der Waals surface area contributed by atoms with Crippen LogP contribution in [0.3, 0.4) is 0 Å². The first-order chi connectivity index (χ1) is 9.48. The molecule has 20 heavy (non-hydrogen) atoms. The van der Waals surface area contributed by atoms with Crippen LogP contribution in [0.5, 0.6) is 0 Å². The molecule has 0 heteroatoms. The molecule has 0 aliphatic heterocycles. The van der Waals surface area contributed by atoms with E-state index >= 15 is 0 Å². The van der Waals surface area contributed by atoms with E-state index in [0.29, 0.717) is 5.41 Å². The fourth-order valence-electron chi connectivity index (χ4n) is 5.19. The Kier molecular flexibility index (Phi) is 5.60. The minimum Gasteiger partial charge on any atom is -0.0649 e. The summed E-state index contributed by atoms with van der Waals surface area (Å²) in [6, 6.07) is 0. The zero-order valence-corrected chi connectivity index (χ0v) is 14.8. The van der Waals surface area contributed by atoms with Crippen LogP contribution in [0.2, 0.25) is 0 Å². The van der Waals surface area contributed by atoms with Gasteiger partial charge >= 0.3 is 0 Å². The van der Waals surface area contributed by atoms with Crippen LogP contribution in [-0.4, -0.2) is 0 Å². The molecule has 6 unspecified atom stereocenters. The minimum absolute atomic E-state index is 0.589. The standard InChI is InChI=1S/C20H38/c1-6-20(5)14-19-17(4)15(2)13-18(19)12-10-8-7-9-11-16(20)3/h15-19H,6-14H2,1-5H3. The molecule has 0 amide bonds. The number of rotatable bonds is 1. The molecule has 0 N–H and O–H groups in total. The van der Waals surface area contributed by atoms with Crippen LogP contribution >= 0.6 is 0 Å². The highest BCUT2D eigenvalue weighted by molar-refractivity contribution is 4.92. The van der Waals surface area contributed by atoms with Crippen LogP contribution in [-0.2, 0) is 0 Å². The summed E-state index contributed by atoms with van der Waals surface area (Å²) in [6.45, 7) is 12.6. The molecule has 0 spiro atoms. The summed E-state index contributed by atoms with van der Waals surface area (Å²) in [5.74, 6) is 4.88. The van der Waals surface area contributed by atoms with Crippen LogP contribution in [0.25, 0.3) is 0 Å². The van der Waals surface area contributed by atoms with Gasteiger partial charge in [-0.3, -0.25) is 0 Å². The lowest BCUT2D eigenvalue weighted by Crippen LogP contribution is -2.30. The highest BCUT2D eigenvalue weighted by atomic mass is 14.5. The fourth-order valence-corrected chi connectivity index (χ4v) is 5.19. The van der Waals surface area contributed by atoms with Gasteiger partial charge in [0.1, 0.15) is 0 Å². The maximum Gasteiger partial charge on any atom is -0.0300 e. The summed E-state index contributed by atoms with van der Waals surface area (Å²) in [5, 5.41) is 0. The van der Waals surface area contributed by atoms with Crippen LogP contribution in [0.4, 0.5) is 0 Å². The maximum atomic E-state index is 2.60. The number of hydrogen-bond acceptors (Lipinski definition) is 0. The lowest BCUT2D eigenvalue weighted by Gasteiger charge is -2.40. The van der Waals surface area contributed by atoms with E-state index in [1.165, 1.54) is 57.8 Å². The largest absolute Gasteiger partial charge is 0.0649 e.